The number of amides is 2. The Kier molecular flexibility index (Phi) is 3.97. The van der Waals surface area contributed by atoms with Crippen LogP contribution in [0.3, 0.4) is 0 Å². The third-order valence-electron chi connectivity index (χ3n) is 6.39. The van der Waals surface area contributed by atoms with Gasteiger partial charge in [-0.1, -0.05) is 36.2 Å². The zero-order chi connectivity index (χ0) is 17.6. The monoisotopic (exact) mass is 342 g/mol. The third kappa shape index (κ3) is 2.90. The summed E-state index contributed by atoms with van der Waals surface area (Å²) in [6.07, 6.45) is 4.85. The SMILES string of the molecule is Cc1ccc(C(NC(=O)N2C[C@@H]3CCC[C@@]3(C(=O)O)C2)C2CC2)cc1. The van der Waals surface area contributed by atoms with Crippen molar-refractivity contribution >= 4 is 12.0 Å². The van der Waals surface area contributed by atoms with Gasteiger partial charge in [-0.3, -0.25) is 4.79 Å². The fourth-order valence-electron chi connectivity index (χ4n) is 4.69. The van der Waals surface area contributed by atoms with Crippen LogP contribution in [0.1, 0.15) is 49.3 Å². The summed E-state index contributed by atoms with van der Waals surface area (Å²) in [6.45, 7) is 2.98. The maximum Gasteiger partial charge on any atom is 0.317 e. The second-order valence-corrected chi connectivity index (χ2v) is 8.11. The van der Waals surface area contributed by atoms with E-state index in [9.17, 15) is 14.7 Å². The molecule has 134 valence electrons. The van der Waals surface area contributed by atoms with Gasteiger partial charge < -0.3 is 15.3 Å². The zero-order valence-electron chi connectivity index (χ0n) is 14.7. The molecule has 1 aromatic rings. The zero-order valence-corrected chi connectivity index (χ0v) is 14.7. The van der Waals surface area contributed by atoms with Gasteiger partial charge in [0.25, 0.3) is 0 Å². The summed E-state index contributed by atoms with van der Waals surface area (Å²) in [5, 5.41) is 12.9. The van der Waals surface area contributed by atoms with Crippen molar-refractivity contribution < 1.29 is 14.7 Å². The van der Waals surface area contributed by atoms with Crippen molar-refractivity contribution in [1.29, 1.82) is 0 Å². The summed E-state index contributed by atoms with van der Waals surface area (Å²) in [4.78, 5) is 26.4. The van der Waals surface area contributed by atoms with Gasteiger partial charge in [-0.2, -0.15) is 0 Å². The van der Waals surface area contributed by atoms with E-state index in [1.165, 1.54) is 5.56 Å². The minimum Gasteiger partial charge on any atom is -0.481 e. The number of aryl methyl sites for hydroxylation is 1. The van der Waals surface area contributed by atoms with E-state index in [1.807, 2.05) is 0 Å². The Hall–Kier alpha value is -2.04. The Balaban J connectivity index is 1.48. The van der Waals surface area contributed by atoms with Crippen LogP contribution in [0.15, 0.2) is 24.3 Å². The van der Waals surface area contributed by atoms with Gasteiger partial charge in [-0.15, -0.1) is 0 Å². The number of hydrogen-bond acceptors (Lipinski definition) is 2. The smallest absolute Gasteiger partial charge is 0.317 e. The van der Waals surface area contributed by atoms with Gasteiger partial charge >= 0.3 is 12.0 Å². The standard InChI is InChI=1S/C20H26N2O3/c1-13-4-6-14(7-5-13)17(15-8-9-15)21-19(25)22-11-16-3-2-10-20(16,12-22)18(23)24/h4-7,15-17H,2-3,8-12H2,1H3,(H,21,25)(H,23,24)/t16-,17?,20+/m0/s1. The van der Waals surface area contributed by atoms with E-state index in [2.05, 4.69) is 36.5 Å². The van der Waals surface area contributed by atoms with Gasteiger partial charge in [-0.05, 0) is 50.0 Å². The molecule has 2 aliphatic carbocycles. The molecular formula is C20H26N2O3. The van der Waals surface area contributed by atoms with E-state index in [0.717, 1.165) is 31.2 Å². The number of hydrogen-bond donors (Lipinski definition) is 2. The molecule has 3 fully saturated rings. The van der Waals surface area contributed by atoms with Crippen molar-refractivity contribution in [3.8, 4) is 0 Å². The summed E-state index contributed by atoms with van der Waals surface area (Å²) >= 11 is 0. The van der Waals surface area contributed by atoms with Crippen LogP contribution in [0.2, 0.25) is 0 Å². The molecular weight excluding hydrogens is 316 g/mol. The molecule has 5 nitrogen and oxygen atoms in total. The predicted molar refractivity (Wildman–Crippen MR) is 94.2 cm³/mol. The number of urea groups is 1. The van der Waals surface area contributed by atoms with Crippen LogP contribution in [0.5, 0.6) is 0 Å². The Morgan fingerprint density at radius 1 is 1.24 bits per heavy atom. The van der Waals surface area contributed by atoms with E-state index in [-0.39, 0.29) is 18.0 Å². The summed E-state index contributed by atoms with van der Waals surface area (Å²) in [7, 11) is 0. The first-order valence-corrected chi connectivity index (χ1v) is 9.35. The normalized spacial score (nSPS) is 29.3. The first-order chi connectivity index (χ1) is 12.0. The van der Waals surface area contributed by atoms with Crippen molar-refractivity contribution in [1.82, 2.24) is 10.2 Å². The number of rotatable bonds is 4. The minimum atomic E-state index is -0.734. The first-order valence-electron chi connectivity index (χ1n) is 9.35. The second-order valence-electron chi connectivity index (χ2n) is 8.11. The van der Waals surface area contributed by atoms with E-state index < -0.39 is 11.4 Å². The molecule has 1 aromatic carbocycles. The van der Waals surface area contributed by atoms with Gasteiger partial charge in [0, 0.05) is 13.1 Å². The molecule has 0 aromatic heterocycles. The largest absolute Gasteiger partial charge is 0.481 e. The van der Waals surface area contributed by atoms with Gasteiger partial charge in [0.15, 0.2) is 0 Å². The van der Waals surface area contributed by atoms with Crippen molar-refractivity contribution in [2.75, 3.05) is 13.1 Å². The molecule has 0 radical (unpaired) electrons. The first kappa shape index (κ1) is 16.4. The van der Waals surface area contributed by atoms with Crippen LogP contribution in [0.4, 0.5) is 4.79 Å². The fourth-order valence-corrected chi connectivity index (χ4v) is 4.69. The Morgan fingerprint density at radius 3 is 2.56 bits per heavy atom. The van der Waals surface area contributed by atoms with Gasteiger partial charge in [-0.25, -0.2) is 4.79 Å². The molecule has 2 amide bonds. The number of carboxylic acids is 1. The molecule has 0 spiro atoms. The maximum absolute atomic E-state index is 12.8. The van der Waals surface area contributed by atoms with E-state index in [1.54, 1.807) is 4.90 Å². The number of likely N-dealkylation sites (tertiary alicyclic amines) is 1. The number of aliphatic carboxylic acids is 1. The molecule has 25 heavy (non-hydrogen) atoms. The lowest BCUT2D eigenvalue weighted by Crippen LogP contribution is -2.43. The molecule has 2 N–H and O–H groups in total. The van der Waals surface area contributed by atoms with Crippen molar-refractivity contribution in [3.63, 3.8) is 0 Å². The fraction of sp³-hybridized carbons (Fsp3) is 0.600. The molecule has 0 bridgehead atoms. The lowest BCUT2D eigenvalue weighted by molar-refractivity contribution is -0.149. The van der Waals surface area contributed by atoms with Crippen LogP contribution >= 0.6 is 0 Å². The lowest BCUT2D eigenvalue weighted by atomic mass is 9.81. The van der Waals surface area contributed by atoms with Gasteiger partial charge in [0.1, 0.15) is 0 Å². The summed E-state index contributed by atoms with van der Waals surface area (Å²) in [5.74, 6) is -0.126. The summed E-state index contributed by atoms with van der Waals surface area (Å²) in [6, 6.07) is 8.28. The number of nitrogens with one attached hydrogen (secondary N) is 1. The Labute approximate surface area is 148 Å². The van der Waals surface area contributed by atoms with Crippen molar-refractivity contribution in [2.24, 2.45) is 17.3 Å². The van der Waals surface area contributed by atoms with Crippen LogP contribution in [-0.4, -0.2) is 35.1 Å². The Morgan fingerprint density at radius 2 is 1.96 bits per heavy atom. The lowest BCUT2D eigenvalue weighted by Gasteiger charge is -2.26. The topological polar surface area (TPSA) is 69.6 Å². The second kappa shape index (κ2) is 6.04. The number of carboxylic acid groups (broad SMARTS) is 1. The highest BCUT2D eigenvalue weighted by atomic mass is 16.4. The van der Waals surface area contributed by atoms with E-state index in [4.69, 9.17) is 0 Å². The molecule has 1 saturated heterocycles. The van der Waals surface area contributed by atoms with E-state index in [0.29, 0.717) is 25.4 Å². The maximum atomic E-state index is 12.8. The predicted octanol–water partition coefficient (Wildman–Crippen LogP) is 3.34. The number of carbonyl (C=O) groups excluding carboxylic acids is 1. The average molecular weight is 342 g/mol. The molecule has 3 aliphatic rings. The van der Waals surface area contributed by atoms with Crippen LogP contribution in [0, 0.1) is 24.2 Å². The third-order valence-corrected chi connectivity index (χ3v) is 6.39. The van der Waals surface area contributed by atoms with Crippen LogP contribution in [-0.2, 0) is 4.79 Å². The molecule has 1 aliphatic heterocycles. The summed E-state index contributed by atoms with van der Waals surface area (Å²) in [5.41, 5.74) is 1.64. The highest BCUT2D eigenvalue weighted by Gasteiger charge is 2.56. The number of fused-ring (bicyclic) bond motifs is 1. The number of nitrogens with zero attached hydrogens (tertiary/aromatic N) is 1. The van der Waals surface area contributed by atoms with E-state index >= 15 is 0 Å². The Bertz CT molecular complexity index is 683. The van der Waals surface area contributed by atoms with Crippen LogP contribution < -0.4 is 5.32 Å². The highest BCUT2D eigenvalue weighted by Crippen LogP contribution is 2.49. The highest BCUT2D eigenvalue weighted by molar-refractivity contribution is 5.80. The number of carbonyl (C=O) groups is 2. The van der Waals surface area contributed by atoms with Gasteiger partial charge in [0.2, 0.25) is 0 Å². The minimum absolute atomic E-state index is 0.0364. The van der Waals surface area contributed by atoms with Gasteiger partial charge in [0.05, 0.1) is 11.5 Å². The average Bonchev–Trinajstić information content (AvgIpc) is 3.22. The quantitative estimate of drug-likeness (QED) is 0.882. The molecule has 1 unspecified atom stereocenters. The van der Waals surface area contributed by atoms with Crippen LogP contribution in [0.25, 0.3) is 0 Å². The molecule has 5 heteroatoms. The summed E-state index contributed by atoms with van der Waals surface area (Å²) < 4.78 is 0. The molecule has 1 heterocycles. The molecule has 4 rings (SSSR count). The van der Waals surface area contributed by atoms with Crippen molar-refractivity contribution in [3.05, 3.63) is 35.4 Å². The van der Waals surface area contributed by atoms with Crippen molar-refractivity contribution in [2.45, 2.75) is 45.1 Å². The molecule has 3 atom stereocenters. The molecule has 2 saturated carbocycles. The number of benzene rings is 1.